The number of nitrogens with zero attached hydrogens (tertiary/aromatic N) is 1. The number of ether oxygens (including phenoxy) is 2. The maximum atomic E-state index is 13.3. The molecule has 0 unspecified atom stereocenters. The van der Waals surface area contributed by atoms with E-state index in [9.17, 15) is 13.2 Å². The van der Waals surface area contributed by atoms with Crippen molar-refractivity contribution < 1.29 is 27.8 Å². The molecule has 2 aliphatic rings. The lowest BCUT2D eigenvalue weighted by atomic mass is 9.79. The van der Waals surface area contributed by atoms with Gasteiger partial charge in [-0.05, 0) is 37.3 Å². The molecule has 0 spiro atoms. The van der Waals surface area contributed by atoms with Gasteiger partial charge in [0.25, 0.3) is 0 Å². The molecule has 0 amide bonds. The van der Waals surface area contributed by atoms with E-state index in [0.29, 0.717) is 18.5 Å². The van der Waals surface area contributed by atoms with Crippen LogP contribution in [0, 0.1) is 0 Å². The molecule has 1 aromatic carbocycles. The van der Waals surface area contributed by atoms with E-state index in [1.807, 2.05) is 0 Å². The van der Waals surface area contributed by atoms with Gasteiger partial charge in [0, 0.05) is 26.2 Å². The molecule has 1 aliphatic heterocycles. The SMILES string of the molecule is CO[C@@]12CC[C@H](OCCO)C[C@@H]1N(Cc1ccccc1C(F)(F)F)CC2. The van der Waals surface area contributed by atoms with Crippen molar-refractivity contribution in [2.24, 2.45) is 0 Å². The van der Waals surface area contributed by atoms with Crippen LogP contribution in [0.4, 0.5) is 13.2 Å². The summed E-state index contributed by atoms with van der Waals surface area (Å²) in [6, 6.07) is 5.79. The molecule has 0 aromatic heterocycles. The van der Waals surface area contributed by atoms with E-state index in [1.165, 1.54) is 6.07 Å². The van der Waals surface area contributed by atoms with E-state index in [0.717, 1.165) is 25.3 Å². The number of fused-ring (bicyclic) bond motifs is 1. The Labute approximate surface area is 151 Å². The molecule has 4 nitrogen and oxygen atoms in total. The summed E-state index contributed by atoms with van der Waals surface area (Å²) in [5.41, 5.74) is -0.587. The molecular weight excluding hydrogens is 347 g/mol. The Hall–Kier alpha value is -1.15. The number of aliphatic hydroxyl groups excluding tert-OH is 1. The second-order valence-electron chi connectivity index (χ2n) is 7.15. The van der Waals surface area contributed by atoms with Crippen LogP contribution < -0.4 is 0 Å². The van der Waals surface area contributed by atoms with Gasteiger partial charge in [0.05, 0.1) is 30.5 Å². The van der Waals surface area contributed by atoms with E-state index >= 15 is 0 Å². The Morgan fingerprint density at radius 2 is 2.04 bits per heavy atom. The highest BCUT2D eigenvalue weighted by molar-refractivity contribution is 5.30. The first-order valence-electron chi connectivity index (χ1n) is 9.06. The maximum absolute atomic E-state index is 13.3. The van der Waals surface area contributed by atoms with Crippen LogP contribution in [0.3, 0.4) is 0 Å². The van der Waals surface area contributed by atoms with Crippen molar-refractivity contribution in [2.45, 2.75) is 56.2 Å². The fourth-order valence-corrected chi connectivity index (χ4v) is 4.47. The van der Waals surface area contributed by atoms with Crippen LogP contribution in [-0.4, -0.2) is 54.6 Å². The Balaban J connectivity index is 1.78. The van der Waals surface area contributed by atoms with Gasteiger partial charge >= 0.3 is 6.18 Å². The van der Waals surface area contributed by atoms with Gasteiger partial charge in [-0.15, -0.1) is 0 Å². The van der Waals surface area contributed by atoms with Crippen LogP contribution in [0.1, 0.15) is 36.8 Å². The van der Waals surface area contributed by atoms with Gasteiger partial charge in [-0.2, -0.15) is 13.2 Å². The molecule has 1 saturated heterocycles. The minimum Gasteiger partial charge on any atom is -0.394 e. The van der Waals surface area contributed by atoms with Crippen molar-refractivity contribution in [3.63, 3.8) is 0 Å². The van der Waals surface area contributed by atoms with E-state index in [-0.39, 0.29) is 37.5 Å². The third kappa shape index (κ3) is 3.91. The Morgan fingerprint density at radius 3 is 2.73 bits per heavy atom. The molecule has 146 valence electrons. The molecule has 3 rings (SSSR count). The first kappa shape index (κ1) is 19.6. The summed E-state index contributed by atoms with van der Waals surface area (Å²) in [7, 11) is 1.69. The van der Waals surface area contributed by atoms with E-state index in [2.05, 4.69) is 4.90 Å². The summed E-state index contributed by atoms with van der Waals surface area (Å²) in [5, 5.41) is 8.97. The molecule has 1 aliphatic carbocycles. The quantitative estimate of drug-likeness (QED) is 0.831. The van der Waals surface area contributed by atoms with E-state index in [4.69, 9.17) is 14.6 Å². The number of rotatable bonds is 6. The van der Waals surface area contributed by atoms with Crippen LogP contribution in [0.2, 0.25) is 0 Å². The number of benzene rings is 1. The molecule has 0 bridgehead atoms. The number of likely N-dealkylation sites (tertiary alicyclic amines) is 1. The van der Waals surface area contributed by atoms with Crippen molar-refractivity contribution in [1.82, 2.24) is 4.90 Å². The predicted molar refractivity (Wildman–Crippen MR) is 90.7 cm³/mol. The van der Waals surface area contributed by atoms with E-state index in [1.54, 1.807) is 19.2 Å². The first-order chi connectivity index (χ1) is 12.4. The van der Waals surface area contributed by atoms with Gasteiger partial charge in [-0.3, -0.25) is 4.90 Å². The normalized spacial score (nSPS) is 29.7. The molecule has 7 heteroatoms. The molecule has 0 radical (unpaired) electrons. The number of halogens is 3. The van der Waals surface area contributed by atoms with Gasteiger partial charge in [-0.25, -0.2) is 0 Å². The lowest BCUT2D eigenvalue weighted by Crippen LogP contribution is -2.51. The van der Waals surface area contributed by atoms with Crippen molar-refractivity contribution in [1.29, 1.82) is 0 Å². The largest absolute Gasteiger partial charge is 0.416 e. The fourth-order valence-electron chi connectivity index (χ4n) is 4.47. The molecule has 1 saturated carbocycles. The van der Waals surface area contributed by atoms with Crippen molar-refractivity contribution in [3.8, 4) is 0 Å². The van der Waals surface area contributed by atoms with Gasteiger partial charge in [0.1, 0.15) is 0 Å². The van der Waals surface area contributed by atoms with Gasteiger partial charge in [0.15, 0.2) is 0 Å². The molecule has 26 heavy (non-hydrogen) atoms. The molecule has 1 heterocycles. The highest BCUT2D eigenvalue weighted by Crippen LogP contribution is 2.44. The summed E-state index contributed by atoms with van der Waals surface area (Å²) < 4.78 is 51.5. The molecule has 2 fully saturated rings. The maximum Gasteiger partial charge on any atom is 0.416 e. The third-order valence-electron chi connectivity index (χ3n) is 5.79. The van der Waals surface area contributed by atoms with E-state index < -0.39 is 11.7 Å². The molecule has 1 N–H and O–H groups in total. The zero-order valence-electron chi connectivity index (χ0n) is 15.0. The topological polar surface area (TPSA) is 41.9 Å². The smallest absolute Gasteiger partial charge is 0.394 e. The molecule has 3 atom stereocenters. The van der Waals surface area contributed by atoms with Gasteiger partial charge in [-0.1, -0.05) is 18.2 Å². The zero-order valence-corrected chi connectivity index (χ0v) is 15.0. The van der Waals surface area contributed by atoms with Gasteiger partial charge in [0.2, 0.25) is 0 Å². The summed E-state index contributed by atoms with van der Waals surface area (Å²) in [4.78, 5) is 2.10. The van der Waals surface area contributed by atoms with Crippen LogP contribution in [0.25, 0.3) is 0 Å². The lowest BCUT2D eigenvalue weighted by molar-refractivity contribution is -0.138. The number of hydrogen-bond acceptors (Lipinski definition) is 4. The van der Waals surface area contributed by atoms with Crippen LogP contribution >= 0.6 is 0 Å². The average Bonchev–Trinajstić information content (AvgIpc) is 2.98. The van der Waals surface area contributed by atoms with Crippen molar-refractivity contribution in [2.75, 3.05) is 26.9 Å². The second-order valence-corrected chi connectivity index (χ2v) is 7.15. The zero-order chi connectivity index (χ0) is 18.8. The second kappa shape index (κ2) is 7.84. The molecule has 1 aromatic rings. The number of aliphatic hydroxyl groups is 1. The fraction of sp³-hybridized carbons (Fsp3) is 0.684. The lowest BCUT2D eigenvalue weighted by Gasteiger charge is -2.43. The average molecular weight is 373 g/mol. The van der Waals surface area contributed by atoms with Crippen LogP contribution in [-0.2, 0) is 22.2 Å². The minimum absolute atomic E-state index is 0.00823. The van der Waals surface area contributed by atoms with Crippen LogP contribution in [0.5, 0.6) is 0 Å². The minimum atomic E-state index is -4.35. The predicted octanol–water partition coefficient (Wildman–Crippen LogP) is 3.23. The third-order valence-corrected chi connectivity index (χ3v) is 5.79. The molecular formula is C19H26F3NO3. The Morgan fingerprint density at radius 1 is 1.27 bits per heavy atom. The summed E-state index contributed by atoms with van der Waals surface area (Å²) in [6.07, 6.45) is -1.15. The number of alkyl halides is 3. The van der Waals surface area contributed by atoms with Crippen LogP contribution in [0.15, 0.2) is 24.3 Å². The highest BCUT2D eigenvalue weighted by atomic mass is 19.4. The highest BCUT2D eigenvalue weighted by Gasteiger charge is 2.51. The summed E-state index contributed by atoms with van der Waals surface area (Å²) in [6.45, 7) is 1.21. The number of methoxy groups -OCH3 is 1. The standard InChI is InChI=1S/C19H26F3NO3/c1-25-18-7-6-15(26-11-10-24)12-17(18)23(9-8-18)13-14-4-2-3-5-16(14)19(20,21)22/h2-5,15,17,24H,6-13H2,1H3/t15-,17-,18+/m0/s1. The van der Waals surface area contributed by atoms with Crippen molar-refractivity contribution in [3.05, 3.63) is 35.4 Å². The monoisotopic (exact) mass is 373 g/mol. The Kier molecular flexibility index (Phi) is 5.91. The summed E-state index contributed by atoms with van der Waals surface area (Å²) >= 11 is 0. The summed E-state index contributed by atoms with van der Waals surface area (Å²) in [5.74, 6) is 0. The first-order valence-corrected chi connectivity index (χ1v) is 9.06. The van der Waals surface area contributed by atoms with Crippen molar-refractivity contribution >= 4 is 0 Å². The Bertz CT molecular complexity index is 610. The van der Waals surface area contributed by atoms with Gasteiger partial charge < -0.3 is 14.6 Å². The number of hydrogen-bond donors (Lipinski definition) is 1.